The fourth-order valence-electron chi connectivity index (χ4n) is 6.42. The lowest BCUT2D eigenvalue weighted by Crippen LogP contribution is -2.74. The van der Waals surface area contributed by atoms with Gasteiger partial charge in [0.1, 0.15) is 11.2 Å². The molecule has 0 unspecified atom stereocenters. The third-order valence-corrected chi connectivity index (χ3v) is 12.9. The summed E-state index contributed by atoms with van der Waals surface area (Å²) in [6, 6.07) is 53.0. The summed E-state index contributed by atoms with van der Waals surface area (Å²) >= 11 is 0. The van der Waals surface area contributed by atoms with Crippen LogP contribution in [0.2, 0.25) is 0 Å². The fraction of sp³-hybridized carbons (Fsp3) is 0. The van der Waals surface area contributed by atoms with E-state index in [9.17, 15) is 0 Å². The smallest absolute Gasteiger partial charge is 0.179 e. The third-order valence-electron chi connectivity index (χ3n) is 8.15. The molecule has 0 aliphatic carbocycles. The van der Waals surface area contributed by atoms with Gasteiger partial charge in [-0.2, -0.15) is 0 Å². The maximum Gasteiger partial charge on any atom is 0.179 e. The number of benzene rings is 6. The number of hydrogen-bond donors (Lipinski definition) is 1. The summed E-state index contributed by atoms with van der Waals surface area (Å²) in [6.07, 6.45) is 0. The average Bonchev–Trinajstić information content (AvgIpc) is 3.55. The van der Waals surface area contributed by atoms with Crippen LogP contribution in [0, 0.1) is 0 Å². The van der Waals surface area contributed by atoms with Crippen LogP contribution in [0.15, 0.2) is 150 Å². The first-order valence-corrected chi connectivity index (χ1v) is 15.4. The number of para-hydroxylation sites is 1. The minimum atomic E-state index is -2.60. The topological polar surface area (TPSA) is 28.9 Å². The van der Waals surface area contributed by atoms with E-state index in [1.165, 1.54) is 31.5 Å². The van der Waals surface area contributed by atoms with Gasteiger partial charge in [0, 0.05) is 32.6 Å². The van der Waals surface area contributed by atoms with Crippen LogP contribution in [0.25, 0.3) is 43.7 Å². The van der Waals surface area contributed by atoms with Crippen LogP contribution >= 0.6 is 0 Å². The predicted octanol–water partition coefficient (Wildman–Crippen LogP) is 6.60. The molecule has 1 N–H and O–H groups in total. The van der Waals surface area contributed by atoms with E-state index in [2.05, 4.69) is 138 Å². The molecular formula is C36H25NOSi. The van der Waals surface area contributed by atoms with Crippen molar-refractivity contribution in [3.63, 3.8) is 0 Å². The van der Waals surface area contributed by atoms with Crippen LogP contribution in [-0.2, 0) is 0 Å². The molecule has 8 rings (SSSR count). The second-order valence-corrected chi connectivity index (χ2v) is 14.0. The molecule has 0 bridgehead atoms. The molecule has 0 amide bonds. The number of fused-ring (bicyclic) bond motifs is 6. The van der Waals surface area contributed by atoms with E-state index in [1.54, 1.807) is 0 Å². The van der Waals surface area contributed by atoms with E-state index < -0.39 is 8.07 Å². The summed E-state index contributed by atoms with van der Waals surface area (Å²) in [5.41, 5.74) is 4.12. The monoisotopic (exact) mass is 515 g/mol. The lowest BCUT2D eigenvalue weighted by Gasteiger charge is -2.34. The minimum absolute atomic E-state index is 0.924. The van der Waals surface area contributed by atoms with Crippen molar-refractivity contribution >= 4 is 72.6 Å². The molecule has 6 aromatic carbocycles. The highest BCUT2D eigenvalue weighted by Gasteiger charge is 2.41. The SMILES string of the molecule is c1ccc([Si](c2ccccc2)(c2ccccc2)c2ccc3[nH]c4cc5c(cc4c3c2)oc2ccccc25)cc1. The predicted molar refractivity (Wildman–Crippen MR) is 167 cm³/mol. The van der Waals surface area contributed by atoms with Crippen LogP contribution in [0.3, 0.4) is 0 Å². The number of aromatic amines is 1. The van der Waals surface area contributed by atoms with Crippen molar-refractivity contribution in [3.8, 4) is 0 Å². The first-order valence-electron chi connectivity index (χ1n) is 13.4. The molecule has 2 heterocycles. The summed E-state index contributed by atoms with van der Waals surface area (Å²) in [6.45, 7) is 0. The van der Waals surface area contributed by atoms with Gasteiger partial charge >= 0.3 is 0 Å². The molecule has 0 fully saturated rings. The fourth-order valence-corrected chi connectivity index (χ4v) is 11.2. The quantitative estimate of drug-likeness (QED) is 0.208. The van der Waals surface area contributed by atoms with E-state index in [-0.39, 0.29) is 0 Å². The van der Waals surface area contributed by atoms with Gasteiger partial charge in [0.05, 0.1) is 0 Å². The molecule has 0 aliphatic heterocycles. The van der Waals surface area contributed by atoms with E-state index >= 15 is 0 Å². The molecule has 3 heteroatoms. The zero-order valence-electron chi connectivity index (χ0n) is 21.3. The molecule has 184 valence electrons. The molecule has 2 aromatic heterocycles. The Bertz CT molecular complexity index is 2010. The first-order chi connectivity index (χ1) is 19.3. The van der Waals surface area contributed by atoms with Crippen molar-refractivity contribution in [2.24, 2.45) is 0 Å². The Hall–Kier alpha value is -4.86. The lowest BCUT2D eigenvalue weighted by molar-refractivity contribution is 0.669. The largest absolute Gasteiger partial charge is 0.456 e. The number of H-pyrrole nitrogens is 1. The van der Waals surface area contributed by atoms with Gasteiger partial charge in [0.15, 0.2) is 8.07 Å². The Morgan fingerprint density at radius 2 is 0.949 bits per heavy atom. The third kappa shape index (κ3) is 3.27. The molecule has 0 saturated carbocycles. The van der Waals surface area contributed by atoms with Gasteiger partial charge in [-0.1, -0.05) is 121 Å². The average molecular weight is 516 g/mol. The summed E-state index contributed by atoms with van der Waals surface area (Å²) in [4.78, 5) is 3.70. The van der Waals surface area contributed by atoms with Crippen LogP contribution in [0.5, 0.6) is 0 Å². The molecule has 0 aliphatic rings. The molecule has 0 atom stereocenters. The van der Waals surface area contributed by atoms with Crippen LogP contribution in [0.4, 0.5) is 0 Å². The van der Waals surface area contributed by atoms with Crippen molar-refractivity contribution in [2.75, 3.05) is 0 Å². The van der Waals surface area contributed by atoms with Crippen molar-refractivity contribution in [3.05, 3.63) is 146 Å². The summed E-state index contributed by atoms with van der Waals surface area (Å²) < 4.78 is 6.28. The van der Waals surface area contributed by atoms with Gasteiger partial charge in [-0.05, 0) is 45.0 Å². The lowest BCUT2D eigenvalue weighted by atomic mass is 10.1. The van der Waals surface area contributed by atoms with Crippen molar-refractivity contribution in [1.29, 1.82) is 0 Å². The molecule has 39 heavy (non-hydrogen) atoms. The number of aromatic nitrogens is 1. The normalized spacial score (nSPS) is 12.1. The van der Waals surface area contributed by atoms with Gasteiger partial charge in [0.2, 0.25) is 0 Å². The van der Waals surface area contributed by atoms with Gasteiger partial charge in [-0.15, -0.1) is 0 Å². The number of hydrogen-bond acceptors (Lipinski definition) is 1. The second-order valence-electron chi connectivity index (χ2n) is 10.2. The Kier molecular flexibility index (Phi) is 4.88. The van der Waals surface area contributed by atoms with Gasteiger partial charge in [0.25, 0.3) is 0 Å². The minimum Gasteiger partial charge on any atom is -0.456 e. The van der Waals surface area contributed by atoms with E-state index in [1.807, 2.05) is 12.1 Å². The highest BCUT2D eigenvalue weighted by molar-refractivity contribution is 7.20. The van der Waals surface area contributed by atoms with E-state index in [4.69, 9.17) is 4.42 Å². The van der Waals surface area contributed by atoms with Gasteiger partial charge in [-0.25, -0.2) is 0 Å². The summed E-state index contributed by atoms with van der Waals surface area (Å²) in [7, 11) is -2.60. The van der Waals surface area contributed by atoms with Gasteiger partial charge < -0.3 is 9.40 Å². The van der Waals surface area contributed by atoms with Crippen molar-refractivity contribution in [2.45, 2.75) is 0 Å². The Labute approximate surface area is 227 Å². The summed E-state index contributed by atoms with van der Waals surface area (Å²) in [5.74, 6) is 0. The first kappa shape index (κ1) is 22.2. The number of furan rings is 1. The van der Waals surface area contributed by atoms with Gasteiger partial charge in [-0.3, -0.25) is 0 Å². The highest BCUT2D eigenvalue weighted by atomic mass is 28.3. The number of nitrogens with one attached hydrogen (secondary N) is 1. The Morgan fingerprint density at radius 3 is 1.59 bits per heavy atom. The molecule has 8 aromatic rings. The standard InChI is InChI=1S/C36H25NOSi/c1-4-12-25(13-5-1)39(26-14-6-2-7-15-26,27-16-8-3-9-17-27)28-20-21-33-30(22-28)31-24-36-32(23-34(31)37-33)29-18-10-11-19-35(29)38-36/h1-24,37H. The highest BCUT2D eigenvalue weighted by Crippen LogP contribution is 2.34. The molecule has 0 spiro atoms. The van der Waals surface area contributed by atoms with E-state index in [0.717, 1.165) is 33.0 Å². The second kappa shape index (κ2) is 8.59. The maximum atomic E-state index is 6.28. The zero-order valence-corrected chi connectivity index (χ0v) is 22.3. The van der Waals surface area contributed by atoms with Crippen LogP contribution < -0.4 is 20.7 Å². The van der Waals surface area contributed by atoms with Crippen LogP contribution in [0.1, 0.15) is 0 Å². The molecule has 0 radical (unpaired) electrons. The zero-order chi connectivity index (χ0) is 25.8. The van der Waals surface area contributed by atoms with Crippen molar-refractivity contribution < 1.29 is 4.42 Å². The van der Waals surface area contributed by atoms with Crippen molar-refractivity contribution in [1.82, 2.24) is 4.98 Å². The number of rotatable bonds is 4. The van der Waals surface area contributed by atoms with Crippen LogP contribution in [-0.4, -0.2) is 13.1 Å². The maximum absolute atomic E-state index is 6.28. The molecular weight excluding hydrogens is 490 g/mol. The summed E-state index contributed by atoms with van der Waals surface area (Å²) in [5, 5.41) is 10.2. The Morgan fingerprint density at radius 1 is 0.385 bits per heavy atom. The van der Waals surface area contributed by atoms with E-state index in [0.29, 0.717) is 0 Å². The molecule has 2 nitrogen and oxygen atoms in total. The Balaban J connectivity index is 1.47. The molecule has 0 saturated heterocycles.